The van der Waals surface area contributed by atoms with Crippen LogP contribution in [0.5, 0.6) is 0 Å². The Morgan fingerprint density at radius 3 is 2.56 bits per heavy atom. The minimum Gasteiger partial charge on any atom is -0.379 e. The maximum Gasteiger partial charge on any atom is 0.153 e. The molecule has 0 aromatic rings. The van der Waals surface area contributed by atoms with Crippen LogP contribution in [0, 0.1) is 11.8 Å². The van der Waals surface area contributed by atoms with E-state index in [9.17, 15) is 4.79 Å². The summed E-state index contributed by atoms with van der Waals surface area (Å²) >= 11 is 0. The SMILES string of the molecule is CC#CCCC(=O)C(C)(C)N1CCOCC1. The second kappa shape index (κ2) is 6.03. The predicted octanol–water partition coefficient (Wildman–Crippen LogP) is 1.47. The minimum atomic E-state index is -0.376. The molecule has 1 aliphatic heterocycles. The molecule has 0 spiro atoms. The van der Waals surface area contributed by atoms with E-state index in [1.165, 1.54) is 0 Å². The number of ketones is 1. The zero-order valence-corrected chi connectivity index (χ0v) is 10.5. The lowest BCUT2D eigenvalue weighted by Gasteiger charge is -2.39. The standard InChI is InChI=1S/C13H21NO2/c1-4-5-6-7-12(15)13(2,3)14-8-10-16-11-9-14/h6-11H2,1-3H3. The maximum absolute atomic E-state index is 12.1. The number of ether oxygens (including phenoxy) is 1. The number of morpholine rings is 1. The summed E-state index contributed by atoms with van der Waals surface area (Å²) in [7, 11) is 0. The van der Waals surface area contributed by atoms with Crippen LogP contribution in [0.25, 0.3) is 0 Å². The van der Waals surface area contributed by atoms with E-state index in [1.807, 2.05) is 13.8 Å². The molecule has 16 heavy (non-hydrogen) atoms. The Morgan fingerprint density at radius 2 is 2.00 bits per heavy atom. The van der Waals surface area contributed by atoms with Crippen LogP contribution in [0.15, 0.2) is 0 Å². The summed E-state index contributed by atoms with van der Waals surface area (Å²) in [4.78, 5) is 14.3. The fraction of sp³-hybridized carbons (Fsp3) is 0.769. The van der Waals surface area contributed by atoms with Crippen molar-refractivity contribution in [2.45, 2.75) is 39.2 Å². The molecule has 1 rings (SSSR count). The summed E-state index contributed by atoms with van der Waals surface area (Å²) in [6, 6.07) is 0. The van der Waals surface area contributed by atoms with Crippen LogP contribution in [0.4, 0.5) is 0 Å². The van der Waals surface area contributed by atoms with Gasteiger partial charge in [-0.25, -0.2) is 0 Å². The van der Waals surface area contributed by atoms with Gasteiger partial charge in [-0.1, -0.05) is 0 Å². The molecule has 1 saturated heterocycles. The van der Waals surface area contributed by atoms with Crippen LogP contribution in [-0.4, -0.2) is 42.5 Å². The number of Topliss-reactive ketones (excluding diaryl/α,β-unsaturated/α-hetero) is 1. The summed E-state index contributed by atoms with van der Waals surface area (Å²) < 4.78 is 5.30. The summed E-state index contributed by atoms with van der Waals surface area (Å²) in [5, 5.41) is 0. The van der Waals surface area contributed by atoms with Crippen molar-refractivity contribution >= 4 is 5.78 Å². The maximum atomic E-state index is 12.1. The lowest BCUT2D eigenvalue weighted by molar-refractivity contribution is -0.132. The molecule has 0 unspecified atom stereocenters. The number of hydrogen-bond donors (Lipinski definition) is 0. The van der Waals surface area contributed by atoms with Crippen LogP contribution in [0.3, 0.4) is 0 Å². The second-order valence-electron chi connectivity index (χ2n) is 4.51. The van der Waals surface area contributed by atoms with Crippen molar-refractivity contribution in [3.8, 4) is 11.8 Å². The lowest BCUT2D eigenvalue weighted by atomic mass is 9.93. The van der Waals surface area contributed by atoms with Gasteiger partial charge >= 0.3 is 0 Å². The third-order valence-electron chi connectivity index (χ3n) is 3.14. The average Bonchev–Trinajstić information content (AvgIpc) is 2.30. The highest BCUT2D eigenvalue weighted by Crippen LogP contribution is 2.19. The molecule has 0 aliphatic carbocycles. The van der Waals surface area contributed by atoms with E-state index >= 15 is 0 Å². The van der Waals surface area contributed by atoms with Gasteiger partial charge in [-0.2, -0.15) is 0 Å². The third kappa shape index (κ3) is 3.33. The van der Waals surface area contributed by atoms with Gasteiger partial charge in [0.2, 0.25) is 0 Å². The molecule has 0 saturated carbocycles. The number of nitrogens with zero attached hydrogens (tertiary/aromatic N) is 1. The fourth-order valence-corrected chi connectivity index (χ4v) is 1.91. The fourth-order valence-electron chi connectivity index (χ4n) is 1.91. The molecule has 0 radical (unpaired) electrons. The van der Waals surface area contributed by atoms with Gasteiger partial charge in [-0.3, -0.25) is 9.69 Å². The summed E-state index contributed by atoms with van der Waals surface area (Å²) in [6.45, 7) is 8.95. The van der Waals surface area contributed by atoms with Crippen LogP contribution < -0.4 is 0 Å². The zero-order valence-electron chi connectivity index (χ0n) is 10.5. The molecule has 3 nitrogen and oxygen atoms in total. The predicted molar refractivity (Wildman–Crippen MR) is 64.2 cm³/mol. The van der Waals surface area contributed by atoms with Gasteiger partial charge in [-0.05, 0) is 20.8 Å². The monoisotopic (exact) mass is 223 g/mol. The molecule has 90 valence electrons. The first kappa shape index (κ1) is 13.2. The molecule has 0 N–H and O–H groups in total. The zero-order chi connectivity index (χ0) is 12.0. The molecule has 1 fully saturated rings. The number of carbonyl (C=O) groups excluding carboxylic acids is 1. The Bertz CT molecular complexity index is 293. The molecule has 1 heterocycles. The molecule has 1 aliphatic rings. The first-order valence-electron chi connectivity index (χ1n) is 5.84. The van der Waals surface area contributed by atoms with Gasteiger partial charge in [0.25, 0.3) is 0 Å². The van der Waals surface area contributed by atoms with Crippen molar-refractivity contribution in [3.05, 3.63) is 0 Å². The molecule has 0 amide bonds. The van der Waals surface area contributed by atoms with Crippen molar-refractivity contribution in [3.63, 3.8) is 0 Å². The van der Waals surface area contributed by atoms with Gasteiger partial charge in [0.1, 0.15) is 0 Å². The van der Waals surface area contributed by atoms with Crippen molar-refractivity contribution in [2.75, 3.05) is 26.3 Å². The van der Waals surface area contributed by atoms with Gasteiger partial charge < -0.3 is 4.74 Å². The first-order chi connectivity index (χ1) is 7.59. The third-order valence-corrected chi connectivity index (χ3v) is 3.14. The average molecular weight is 223 g/mol. The lowest BCUT2D eigenvalue weighted by Crippen LogP contribution is -2.54. The highest BCUT2D eigenvalue weighted by Gasteiger charge is 2.34. The Labute approximate surface area is 98.1 Å². The topological polar surface area (TPSA) is 29.5 Å². The largest absolute Gasteiger partial charge is 0.379 e. The summed E-state index contributed by atoms with van der Waals surface area (Å²) in [5.41, 5.74) is -0.376. The Balaban J connectivity index is 2.52. The van der Waals surface area contributed by atoms with Crippen molar-refractivity contribution < 1.29 is 9.53 Å². The molecule has 0 bridgehead atoms. The highest BCUT2D eigenvalue weighted by molar-refractivity contribution is 5.87. The van der Waals surface area contributed by atoms with Crippen LogP contribution in [0.2, 0.25) is 0 Å². The Morgan fingerprint density at radius 1 is 1.38 bits per heavy atom. The number of carbonyl (C=O) groups is 1. The summed E-state index contributed by atoms with van der Waals surface area (Å²) in [6.07, 6.45) is 1.22. The van der Waals surface area contributed by atoms with Crippen LogP contribution in [-0.2, 0) is 9.53 Å². The minimum absolute atomic E-state index is 0.275. The van der Waals surface area contributed by atoms with Crippen molar-refractivity contribution in [2.24, 2.45) is 0 Å². The van der Waals surface area contributed by atoms with Crippen molar-refractivity contribution in [1.82, 2.24) is 4.90 Å². The van der Waals surface area contributed by atoms with Crippen LogP contribution >= 0.6 is 0 Å². The van der Waals surface area contributed by atoms with E-state index in [0.717, 1.165) is 26.3 Å². The summed E-state index contributed by atoms with van der Waals surface area (Å²) in [5.74, 6) is 6.03. The van der Waals surface area contributed by atoms with Gasteiger partial charge in [-0.15, -0.1) is 11.8 Å². The number of rotatable bonds is 4. The molecular weight excluding hydrogens is 202 g/mol. The smallest absolute Gasteiger partial charge is 0.153 e. The van der Waals surface area contributed by atoms with E-state index in [1.54, 1.807) is 6.92 Å². The Hall–Kier alpha value is -0.850. The quantitative estimate of drug-likeness (QED) is 0.676. The van der Waals surface area contributed by atoms with Gasteiger partial charge in [0, 0.05) is 25.9 Å². The van der Waals surface area contributed by atoms with E-state index in [0.29, 0.717) is 12.8 Å². The molecule has 0 aromatic carbocycles. The van der Waals surface area contributed by atoms with E-state index < -0.39 is 0 Å². The first-order valence-corrected chi connectivity index (χ1v) is 5.84. The van der Waals surface area contributed by atoms with E-state index in [4.69, 9.17) is 4.74 Å². The van der Waals surface area contributed by atoms with Crippen LogP contribution in [0.1, 0.15) is 33.6 Å². The molecule has 0 aromatic heterocycles. The normalized spacial score (nSPS) is 17.7. The molecule has 3 heteroatoms. The number of hydrogen-bond acceptors (Lipinski definition) is 3. The van der Waals surface area contributed by atoms with Gasteiger partial charge in [0.05, 0.1) is 18.8 Å². The highest BCUT2D eigenvalue weighted by atomic mass is 16.5. The van der Waals surface area contributed by atoms with E-state index in [-0.39, 0.29) is 11.3 Å². The Kier molecular flexibility index (Phi) is 4.98. The van der Waals surface area contributed by atoms with Gasteiger partial charge in [0.15, 0.2) is 5.78 Å². The second-order valence-corrected chi connectivity index (χ2v) is 4.51. The van der Waals surface area contributed by atoms with E-state index in [2.05, 4.69) is 16.7 Å². The molecular formula is C13H21NO2. The van der Waals surface area contributed by atoms with Crippen molar-refractivity contribution in [1.29, 1.82) is 0 Å². The molecule has 0 atom stereocenters.